The number of benzene rings is 1. The second-order valence-corrected chi connectivity index (χ2v) is 5.52. The molecule has 4 heteroatoms. The van der Waals surface area contributed by atoms with Crippen molar-refractivity contribution in [2.45, 2.75) is 13.8 Å². The molecule has 0 radical (unpaired) electrons. The summed E-state index contributed by atoms with van der Waals surface area (Å²) in [6.45, 7) is 4.00. The Morgan fingerprint density at radius 2 is 1.89 bits per heavy atom. The van der Waals surface area contributed by atoms with E-state index in [1.807, 2.05) is 26.0 Å². The highest BCUT2D eigenvalue weighted by molar-refractivity contribution is 7.18. The smallest absolute Gasteiger partial charge is 0.123 e. The van der Waals surface area contributed by atoms with Gasteiger partial charge in [0.05, 0.1) is 15.2 Å². The monoisotopic (exact) mass is 255 g/mol. The molecule has 0 bridgehead atoms. The Morgan fingerprint density at radius 1 is 1.06 bits per heavy atom. The Labute approximate surface area is 109 Å². The molecular formula is C14H13N3S. The highest BCUT2D eigenvalue weighted by atomic mass is 32.1. The van der Waals surface area contributed by atoms with Crippen LogP contribution in [0.4, 0.5) is 5.82 Å². The minimum absolute atomic E-state index is 0.557. The molecule has 0 fully saturated rings. The van der Waals surface area contributed by atoms with E-state index in [4.69, 9.17) is 5.73 Å². The van der Waals surface area contributed by atoms with Crippen LogP contribution in [-0.4, -0.2) is 9.97 Å². The summed E-state index contributed by atoms with van der Waals surface area (Å²) in [7, 11) is 0. The Hall–Kier alpha value is -1.94. The molecule has 3 rings (SSSR count). The van der Waals surface area contributed by atoms with Gasteiger partial charge < -0.3 is 5.73 Å². The van der Waals surface area contributed by atoms with Crippen molar-refractivity contribution in [1.29, 1.82) is 0 Å². The van der Waals surface area contributed by atoms with E-state index in [2.05, 4.69) is 28.2 Å². The van der Waals surface area contributed by atoms with Gasteiger partial charge in [0.2, 0.25) is 0 Å². The molecule has 0 saturated carbocycles. The van der Waals surface area contributed by atoms with Gasteiger partial charge in [-0.2, -0.15) is 0 Å². The van der Waals surface area contributed by atoms with Crippen molar-refractivity contribution in [3.05, 3.63) is 41.0 Å². The predicted octanol–water partition coefficient (Wildman–Crippen LogP) is 3.56. The molecule has 1 aromatic carbocycles. The molecule has 0 saturated heterocycles. The number of nitrogens with zero attached hydrogens (tertiary/aromatic N) is 2. The van der Waals surface area contributed by atoms with Crippen LogP contribution in [0, 0.1) is 13.8 Å². The van der Waals surface area contributed by atoms with E-state index < -0.39 is 0 Å². The van der Waals surface area contributed by atoms with Crippen molar-refractivity contribution >= 4 is 27.4 Å². The molecule has 2 N–H and O–H groups in total. The van der Waals surface area contributed by atoms with E-state index in [9.17, 15) is 0 Å². The van der Waals surface area contributed by atoms with Crippen LogP contribution >= 0.6 is 11.3 Å². The van der Waals surface area contributed by atoms with Crippen LogP contribution in [0.25, 0.3) is 21.3 Å². The first-order valence-electron chi connectivity index (χ1n) is 5.74. The maximum Gasteiger partial charge on any atom is 0.123 e. The summed E-state index contributed by atoms with van der Waals surface area (Å²) in [5.74, 6) is 0.557. The minimum atomic E-state index is 0.557. The summed E-state index contributed by atoms with van der Waals surface area (Å²) >= 11 is 1.72. The zero-order valence-corrected chi connectivity index (χ0v) is 11.1. The number of pyridine rings is 1. The lowest BCUT2D eigenvalue weighted by molar-refractivity contribution is 1.21. The van der Waals surface area contributed by atoms with Gasteiger partial charge >= 0.3 is 0 Å². The van der Waals surface area contributed by atoms with Crippen LogP contribution in [0.2, 0.25) is 0 Å². The van der Waals surface area contributed by atoms with Gasteiger partial charge in [0.1, 0.15) is 5.82 Å². The van der Waals surface area contributed by atoms with Gasteiger partial charge in [0, 0.05) is 11.3 Å². The highest BCUT2D eigenvalue weighted by Crippen LogP contribution is 2.29. The third-order valence-electron chi connectivity index (χ3n) is 2.91. The molecule has 18 heavy (non-hydrogen) atoms. The molecule has 0 atom stereocenters. The first-order valence-corrected chi connectivity index (χ1v) is 6.56. The number of rotatable bonds is 1. The number of nitrogen functional groups attached to an aromatic ring is 1. The zero-order valence-electron chi connectivity index (χ0n) is 10.3. The SMILES string of the molecule is Cc1nc2cc(-c3ccc(N)nc3C)ccc2s1. The van der Waals surface area contributed by atoms with Gasteiger partial charge in [-0.1, -0.05) is 6.07 Å². The molecule has 0 unspecified atom stereocenters. The van der Waals surface area contributed by atoms with Crippen molar-refractivity contribution in [3.63, 3.8) is 0 Å². The Morgan fingerprint density at radius 3 is 2.67 bits per heavy atom. The first kappa shape index (κ1) is 11.2. The van der Waals surface area contributed by atoms with Crippen LogP contribution in [0.3, 0.4) is 0 Å². The van der Waals surface area contributed by atoms with Gasteiger partial charge in [-0.25, -0.2) is 9.97 Å². The van der Waals surface area contributed by atoms with Crippen molar-refractivity contribution < 1.29 is 0 Å². The van der Waals surface area contributed by atoms with Crippen molar-refractivity contribution in [2.75, 3.05) is 5.73 Å². The van der Waals surface area contributed by atoms with Crippen LogP contribution < -0.4 is 5.73 Å². The molecule has 0 spiro atoms. The van der Waals surface area contributed by atoms with E-state index in [1.54, 1.807) is 11.3 Å². The van der Waals surface area contributed by atoms with E-state index in [1.165, 1.54) is 4.70 Å². The van der Waals surface area contributed by atoms with E-state index in [0.29, 0.717) is 5.82 Å². The standard InChI is InChI=1S/C14H13N3S/c1-8-11(4-6-14(15)16-8)10-3-5-13-12(7-10)17-9(2)18-13/h3-7H,1-2H3,(H2,15,16). The molecule has 0 aliphatic carbocycles. The van der Waals surface area contributed by atoms with Crippen LogP contribution in [0.15, 0.2) is 30.3 Å². The Bertz CT molecular complexity index is 731. The molecule has 3 nitrogen and oxygen atoms in total. The summed E-state index contributed by atoms with van der Waals surface area (Å²) < 4.78 is 1.22. The van der Waals surface area contributed by atoms with Gasteiger partial charge in [0.25, 0.3) is 0 Å². The summed E-state index contributed by atoms with van der Waals surface area (Å²) in [6, 6.07) is 10.2. The van der Waals surface area contributed by atoms with E-state index in [0.717, 1.165) is 27.3 Å². The molecule has 0 amide bonds. The third-order valence-corrected chi connectivity index (χ3v) is 3.86. The highest BCUT2D eigenvalue weighted by Gasteiger charge is 2.06. The number of nitrogens with two attached hydrogens (primary N) is 1. The first-order chi connectivity index (χ1) is 8.63. The summed E-state index contributed by atoms with van der Waals surface area (Å²) in [5.41, 5.74) is 9.92. The summed E-state index contributed by atoms with van der Waals surface area (Å²) in [5, 5.41) is 1.09. The van der Waals surface area contributed by atoms with Crippen molar-refractivity contribution in [1.82, 2.24) is 9.97 Å². The second-order valence-electron chi connectivity index (χ2n) is 4.28. The fraction of sp³-hybridized carbons (Fsp3) is 0.143. The largest absolute Gasteiger partial charge is 0.384 e. The molecule has 0 aliphatic heterocycles. The minimum Gasteiger partial charge on any atom is -0.384 e. The lowest BCUT2D eigenvalue weighted by atomic mass is 10.0. The maximum atomic E-state index is 5.68. The lowest BCUT2D eigenvalue weighted by Gasteiger charge is -2.05. The fourth-order valence-corrected chi connectivity index (χ4v) is 2.90. The molecule has 90 valence electrons. The van der Waals surface area contributed by atoms with E-state index in [-0.39, 0.29) is 0 Å². The quantitative estimate of drug-likeness (QED) is 0.723. The summed E-state index contributed by atoms with van der Waals surface area (Å²) in [6.07, 6.45) is 0. The number of hydrogen-bond acceptors (Lipinski definition) is 4. The van der Waals surface area contributed by atoms with Gasteiger partial charge in [-0.05, 0) is 43.7 Å². The average molecular weight is 255 g/mol. The number of thiazole rings is 1. The molecule has 0 aliphatic rings. The van der Waals surface area contributed by atoms with Crippen molar-refractivity contribution in [2.24, 2.45) is 0 Å². The molecular weight excluding hydrogens is 242 g/mol. The number of anilines is 1. The van der Waals surface area contributed by atoms with Crippen LogP contribution in [0.1, 0.15) is 10.7 Å². The molecule has 2 heterocycles. The Kier molecular flexibility index (Phi) is 2.52. The fourth-order valence-electron chi connectivity index (χ4n) is 2.10. The van der Waals surface area contributed by atoms with Gasteiger partial charge in [-0.3, -0.25) is 0 Å². The number of hydrogen-bond donors (Lipinski definition) is 1. The number of aryl methyl sites for hydroxylation is 2. The predicted molar refractivity (Wildman–Crippen MR) is 76.7 cm³/mol. The second kappa shape index (κ2) is 4.07. The van der Waals surface area contributed by atoms with Gasteiger partial charge in [0.15, 0.2) is 0 Å². The molecule has 2 aromatic heterocycles. The topological polar surface area (TPSA) is 51.8 Å². The third kappa shape index (κ3) is 1.84. The van der Waals surface area contributed by atoms with Crippen molar-refractivity contribution in [3.8, 4) is 11.1 Å². The normalized spacial score (nSPS) is 11.0. The number of fused-ring (bicyclic) bond motifs is 1. The lowest BCUT2D eigenvalue weighted by Crippen LogP contribution is -1.94. The van der Waals surface area contributed by atoms with Crippen LogP contribution in [0.5, 0.6) is 0 Å². The maximum absolute atomic E-state index is 5.68. The van der Waals surface area contributed by atoms with Gasteiger partial charge in [-0.15, -0.1) is 11.3 Å². The van der Waals surface area contributed by atoms with E-state index >= 15 is 0 Å². The molecule has 3 aromatic rings. The number of aromatic nitrogens is 2. The Balaban J connectivity index is 2.18. The zero-order chi connectivity index (χ0) is 12.7. The van der Waals surface area contributed by atoms with Crippen LogP contribution in [-0.2, 0) is 0 Å². The summed E-state index contributed by atoms with van der Waals surface area (Å²) in [4.78, 5) is 8.82. The average Bonchev–Trinajstić information content (AvgIpc) is 2.68.